The van der Waals surface area contributed by atoms with E-state index in [9.17, 15) is 14.7 Å². The number of carbonyl (C=O) groups excluding carboxylic acids is 1. The number of carboxylic acid groups (broad SMARTS) is 1. The van der Waals surface area contributed by atoms with Crippen LogP contribution in [-0.2, 0) is 16.0 Å². The molecular formula is C19H24N2O3. The molecule has 1 N–H and O–H groups in total. The standard InChI is InChI=1S/C19H24N2O3/c1-14(16-9-5-6-10-16)21(18(22)11-12-20)17(19(23)24)13-15-7-3-2-4-8-15/h2-4,7-8,14,16-17H,5-6,9-11,13H2,1H3,(H,23,24)/t14?,17-/m1/s1. The molecule has 2 atom stereocenters. The number of nitrogens with zero attached hydrogens (tertiary/aromatic N) is 2. The summed E-state index contributed by atoms with van der Waals surface area (Å²) in [4.78, 5) is 25.9. The lowest BCUT2D eigenvalue weighted by molar-refractivity contribution is -0.152. The highest BCUT2D eigenvalue weighted by Crippen LogP contribution is 2.31. The molecule has 1 aliphatic rings. The largest absolute Gasteiger partial charge is 0.480 e. The first-order chi connectivity index (χ1) is 11.5. The summed E-state index contributed by atoms with van der Waals surface area (Å²) in [5.41, 5.74) is 0.873. The van der Waals surface area contributed by atoms with Gasteiger partial charge in [0.15, 0.2) is 0 Å². The van der Waals surface area contributed by atoms with Crippen molar-refractivity contribution in [3.05, 3.63) is 35.9 Å². The van der Waals surface area contributed by atoms with Gasteiger partial charge in [0.05, 0.1) is 6.07 Å². The van der Waals surface area contributed by atoms with Crippen molar-refractivity contribution < 1.29 is 14.7 Å². The smallest absolute Gasteiger partial charge is 0.326 e. The summed E-state index contributed by atoms with van der Waals surface area (Å²) in [6.07, 6.45) is 4.22. The van der Waals surface area contributed by atoms with Gasteiger partial charge < -0.3 is 10.0 Å². The molecule has 2 rings (SSSR count). The Morgan fingerprint density at radius 3 is 2.46 bits per heavy atom. The van der Waals surface area contributed by atoms with Crippen molar-refractivity contribution >= 4 is 11.9 Å². The van der Waals surface area contributed by atoms with Crippen molar-refractivity contribution in [3.63, 3.8) is 0 Å². The van der Waals surface area contributed by atoms with E-state index >= 15 is 0 Å². The lowest BCUT2D eigenvalue weighted by atomic mass is 9.94. The molecule has 0 saturated heterocycles. The van der Waals surface area contributed by atoms with Gasteiger partial charge in [0.1, 0.15) is 12.5 Å². The predicted molar refractivity (Wildman–Crippen MR) is 90.1 cm³/mol. The lowest BCUT2D eigenvalue weighted by Crippen LogP contribution is -2.52. The molecule has 0 radical (unpaired) electrons. The van der Waals surface area contributed by atoms with E-state index in [2.05, 4.69) is 0 Å². The van der Waals surface area contributed by atoms with Gasteiger partial charge in [-0.3, -0.25) is 4.79 Å². The fourth-order valence-corrected chi connectivity index (χ4v) is 3.65. The lowest BCUT2D eigenvalue weighted by Gasteiger charge is -2.37. The molecule has 5 nitrogen and oxygen atoms in total. The van der Waals surface area contributed by atoms with Gasteiger partial charge in [0.25, 0.3) is 0 Å². The molecule has 1 aromatic rings. The molecule has 0 spiro atoms. The summed E-state index contributed by atoms with van der Waals surface area (Å²) in [5, 5.41) is 18.6. The molecular weight excluding hydrogens is 304 g/mol. The van der Waals surface area contributed by atoms with E-state index in [0.717, 1.165) is 31.2 Å². The van der Waals surface area contributed by atoms with Crippen LogP contribution in [0, 0.1) is 17.2 Å². The van der Waals surface area contributed by atoms with Crippen molar-refractivity contribution in [3.8, 4) is 6.07 Å². The molecule has 0 aliphatic heterocycles. The van der Waals surface area contributed by atoms with Crippen LogP contribution in [0.1, 0.15) is 44.6 Å². The Hall–Kier alpha value is -2.35. The summed E-state index contributed by atoms with van der Waals surface area (Å²) >= 11 is 0. The number of hydrogen-bond donors (Lipinski definition) is 1. The third kappa shape index (κ3) is 4.35. The van der Waals surface area contributed by atoms with Gasteiger partial charge in [-0.25, -0.2) is 4.79 Å². The maximum atomic E-state index is 12.5. The van der Waals surface area contributed by atoms with Gasteiger partial charge in [-0.1, -0.05) is 43.2 Å². The Kier molecular flexibility index (Phi) is 6.36. The topological polar surface area (TPSA) is 81.4 Å². The molecule has 1 unspecified atom stereocenters. The van der Waals surface area contributed by atoms with E-state index in [4.69, 9.17) is 5.26 Å². The van der Waals surface area contributed by atoms with Crippen LogP contribution in [-0.4, -0.2) is 34.0 Å². The highest BCUT2D eigenvalue weighted by Gasteiger charge is 2.37. The fourth-order valence-electron chi connectivity index (χ4n) is 3.65. The van der Waals surface area contributed by atoms with Crippen molar-refractivity contribution in [2.24, 2.45) is 5.92 Å². The first kappa shape index (κ1) is 18.0. The van der Waals surface area contributed by atoms with E-state index in [1.807, 2.05) is 43.3 Å². The SMILES string of the molecule is CC(C1CCCC1)N(C(=O)CC#N)[C@H](Cc1ccccc1)C(=O)O. The number of carboxylic acids is 1. The normalized spacial score (nSPS) is 17.0. The van der Waals surface area contributed by atoms with E-state index in [-0.39, 0.29) is 24.8 Å². The Morgan fingerprint density at radius 1 is 1.29 bits per heavy atom. The van der Waals surface area contributed by atoms with Crippen LogP contribution in [0.5, 0.6) is 0 Å². The number of hydrogen-bond acceptors (Lipinski definition) is 3. The maximum absolute atomic E-state index is 12.5. The second-order valence-corrected chi connectivity index (χ2v) is 6.46. The molecule has 0 bridgehead atoms. The molecule has 1 saturated carbocycles. The molecule has 128 valence electrons. The van der Waals surface area contributed by atoms with Gasteiger partial charge in [-0.05, 0) is 31.2 Å². The molecule has 24 heavy (non-hydrogen) atoms. The van der Waals surface area contributed by atoms with Crippen LogP contribution in [0.15, 0.2) is 30.3 Å². The Labute approximate surface area is 142 Å². The number of amides is 1. The minimum atomic E-state index is -1.02. The van der Waals surface area contributed by atoms with Crippen molar-refractivity contribution in [1.82, 2.24) is 4.90 Å². The Bertz CT molecular complexity index is 603. The highest BCUT2D eigenvalue weighted by atomic mass is 16.4. The van der Waals surface area contributed by atoms with Crippen LogP contribution in [0.3, 0.4) is 0 Å². The molecule has 5 heteroatoms. The number of rotatable bonds is 7. The highest BCUT2D eigenvalue weighted by molar-refractivity contribution is 5.85. The molecule has 1 aromatic carbocycles. The van der Waals surface area contributed by atoms with E-state index in [0.29, 0.717) is 5.92 Å². The van der Waals surface area contributed by atoms with E-state index in [1.54, 1.807) is 0 Å². The molecule has 0 aromatic heterocycles. The van der Waals surface area contributed by atoms with Crippen molar-refractivity contribution in [2.75, 3.05) is 0 Å². The van der Waals surface area contributed by atoms with Crippen molar-refractivity contribution in [1.29, 1.82) is 5.26 Å². The van der Waals surface area contributed by atoms with Gasteiger partial charge in [-0.2, -0.15) is 5.26 Å². The number of nitriles is 1. The summed E-state index contributed by atoms with van der Waals surface area (Å²) in [7, 11) is 0. The maximum Gasteiger partial charge on any atom is 0.326 e. The molecule has 0 heterocycles. The zero-order chi connectivity index (χ0) is 17.5. The van der Waals surface area contributed by atoms with E-state index < -0.39 is 12.0 Å². The first-order valence-electron chi connectivity index (χ1n) is 8.49. The third-order valence-corrected chi connectivity index (χ3v) is 4.93. The van der Waals surface area contributed by atoms with Crippen LogP contribution in [0.4, 0.5) is 0 Å². The van der Waals surface area contributed by atoms with Crippen LogP contribution >= 0.6 is 0 Å². The number of benzene rings is 1. The van der Waals surface area contributed by atoms with Crippen LogP contribution < -0.4 is 0 Å². The monoisotopic (exact) mass is 328 g/mol. The Balaban J connectivity index is 2.28. The number of carbonyl (C=O) groups is 2. The summed E-state index contributed by atoms with van der Waals surface area (Å²) in [6, 6.07) is 10.1. The predicted octanol–water partition coefficient (Wildman–Crippen LogP) is 3.00. The fraction of sp³-hybridized carbons (Fsp3) is 0.526. The minimum absolute atomic E-state index is 0.168. The average Bonchev–Trinajstić information content (AvgIpc) is 3.09. The minimum Gasteiger partial charge on any atom is -0.480 e. The Morgan fingerprint density at radius 2 is 1.92 bits per heavy atom. The molecule has 1 amide bonds. The first-order valence-corrected chi connectivity index (χ1v) is 8.49. The van der Waals surface area contributed by atoms with E-state index in [1.165, 1.54) is 4.90 Å². The third-order valence-electron chi connectivity index (χ3n) is 4.93. The zero-order valence-corrected chi connectivity index (χ0v) is 14.0. The quantitative estimate of drug-likeness (QED) is 0.834. The number of aliphatic carboxylic acids is 1. The van der Waals surface area contributed by atoms with Gasteiger partial charge in [0, 0.05) is 12.5 Å². The second kappa shape index (κ2) is 8.49. The summed E-state index contributed by atoms with van der Waals surface area (Å²) < 4.78 is 0. The van der Waals surface area contributed by atoms with Crippen molar-refractivity contribution in [2.45, 2.75) is 57.5 Å². The molecule has 1 aliphatic carbocycles. The average molecular weight is 328 g/mol. The summed E-state index contributed by atoms with van der Waals surface area (Å²) in [5.74, 6) is -1.10. The van der Waals surface area contributed by atoms with Gasteiger partial charge in [0.2, 0.25) is 5.91 Å². The zero-order valence-electron chi connectivity index (χ0n) is 14.0. The summed E-state index contributed by atoms with van der Waals surface area (Å²) in [6.45, 7) is 1.92. The van der Waals surface area contributed by atoms with Crippen LogP contribution in [0.25, 0.3) is 0 Å². The van der Waals surface area contributed by atoms with Gasteiger partial charge in [-0.15, -0.1) is 0 Å². The van der Waals surface area contributed by atoms with Crippen LogP contribution in [0.2, 0.25) is 0 Å². The van der Waals surface area contributed by atoms with Gasteiger partial charge >= 0.3 is 5.97 Å². The second-order valence-electron chi connectivity index (χ2n) is 6.46. The molecule has 1 fully saturated rings.